The SMILES string of the molecule is NC(=NCc1ccc(OC(F)(F)F)cc1)NCc1nc(-c2ccc(Cl)cc2)no1. The molecule has 0 aliphatic rings. The normalized spacial score (nSPS) is 12.1. The summed E-state index contributed by atoms with van der Waals surface area (Å²) in [5.41, 5.74) is 7.19. The number of ether oxygens (including phenoxy) is 1. The monoisotopic (exact) mass is 425 g/mol. The highest BCUT2D eigenvalue weighted by Crippen LogP contribution is 2.23. The minimum atomic E-state index is -4.73. The van der Waals surface area contributed by atoms with Crippen LogP contribution in [0.5, 0.6) is 5.75 Å². The zero-order chi connectivity index (χ0) is 20.9. The predicted molar refractivity (Wildman–Crippen MR) is 100 cm³/mol. The molecule has 0 saturated heterocycles. The molecule has 1 aromatic heterocycles. The summed E-state index contributed by atoms with van der Waals surface area (Å²) in [6, 6.07) is 12.3. The van der Waals surface area contributed by atoms with Crippen LogP contribution in [0.4, 0.5) is 13.2 Å². The van der Waals surface area contributed by atoms with Crippen LogP contribution in [-0.2, 0) is 13.1 Å². The second kappa shape index (κ2) is 8.82. The fourth-order valence-corrected chi connectivity index (χ4v) is 2.36. The maximum Gasteiger partial charge on any atom is 0.573 e. The fourth-order valence-electron chi connectivity index (χ4n) is 2.24. The molecule has 0 atom stereocenters. The quantitative estimate of drug-likeness (QED) is 0.459. The third-order valence-corrected chi connectivity index (χ3v) is 3.83. The van der Waals surface area contributed by atoms with Crippen molar-refractivity contribution < 1.29 is 22.4 Å². The molecule has 0 unspecified atom stereocenters. The molecule has 0 saturated carbocycles. The van der Waals surface area contributed by atoms with E-state index in [1.165, 1.54) is 24.3 Å². The number of hydrogen-bond acceptors (Lipinski definition) is 5. The van der Waals surface area contributed by atoms with Crippen LogP contribution in [0.15, 0.2) is 58.0 Å². The molecule has 0 amide bonds. The van der Waals surface area contributed by atoms with Crippen molar-refractivity contribution in [2.24, 2.45) is 10.7 Å². The van der Waals surface area contributed by atoms with Gasteiger partial charge in [0, 0.05) is 10.6 Å². The number of rotatable bonds is 6. The molecule has 0 bridgehead atoms. The Kier molecular flexibility index (Phi) is 6.23. The molecule has 11 heteroatoms. The first kappa shape index (κ1) is 20.5. The second-order valence-corrected chi connectivity index (χ2v) is 6.20. The molecule has 3 N–H and O–H groups in total. The number of guanidine groups is 1. The number of halogens is 4. The van der Waals surface area contributed by atoms with Gasteiger partial charge in [0.2, 0.25) is 11.7 Å². The van der Waals surface area contributed by atoms with E-state index in [0.29, 0.717) is 22.3 Å². The van der Waals surface area contributed by atoms with Crippen LogP contribution in [0.3, 0.4) is 0 Å². The second-order valence-electron chi connectivity index (χ2n) is 5.77. The predicted octanol–water partition coefficient (Wildman–Crippen LogP) is 3.89. The lowest BCUT2D eigenvalue weighted by atomic mass is 10.2. The Morgan fingerprint density at radius 1 is 1.14 bits per heavy atom. The highest BCUT2D eigenvalue weighted by molar-refractivity contribution is 6.30. The molecule has 7 nitrogen and oxygen atoms in total. The number of benzene rings is 2. The molecule has 3 aromatic rings. The van der Waals surface area contributed by atoms with Crippen molar-refractivity contribution in [2.75, 3.05) is 0 Å². The van der Waals surface area contributed by atoms with Crippen LogP contribution in [0.25, 0.3) is 11.4 Å². The van der Waals surface area contributed by atoms with Gasteiger partial charge in [-0.3, -0.25) is 0 Å². The lowest BCUT2D eigenvalue weighted by molar-refractivity contribution is -0.274. The van der Waals surface area contributed by atoms with Crippen molar-refractivity contribution in [1.82, 2.24) is 15.5 Å². The summed E-state index contributed by atoms with van der Waals surface area (Å²) in [6.07, 6.45) is -4.73. The average molecular weight is 426 g/mol. The first-order valence-corrected chi connectivity index (χ1v) is 8.63. The summed E-state index contributed by atoms with van der Waals surface area (Å²) in [7, 11) is 0. The summed E-state index contributed by atoms with van der Waals surface area (Å²) in [6.45, 7) is 0.333. The highest BCUT2D eigenvalue weighted by atomic mass is 35.5. The van der Waals surface area contributed by atoms with Gasteiger partial charge >= 0.3 is 6.36 Å². The smallest absolute Gasteiger partial charge is 0.406 e. The fraction of sp³-hybridized carbons (Fsp3) is 0.167. The van der Waals surface area contributed by atoms with Crippen molar-refractivity contribution in [1.29, 1.82) is 0 Å². The first-order valence-electron chi connectivity index (χ1n) is 8.25. The molecular weight excluding hydrogens is 411 g/mol. The van der Waals surface area contributed by atoms with Gasteiger partial charge in [0.1, 0.15) is 5.75 Å². The molecule has 3 rings (SSSR count). The third-order valence-electron chi connectivity index (χ3n) is 3.58. The van der Waals surface area contributed by atoms with E-state index in [4.69, 9.17) is 21.9 Å². The van der Waals surface area contributed by atoms with E-state index in [-0.39, 0.29) is 24.8 Å². The molecule has 0 aliphatic carbocycles. The van der Waals surface area contributed by atoms with Gasteiger partial charge in [0.15, 0.2) is 5.96 Å². The Hall–Kier alpha value is -3.27. The lowest BCUT2D eigenvalue weighted by Crippen LogP contribution is -2.31. The molecule has 0 radical (unpaired) electrons. The summed E-state index contributed by atoms with van der Waals surface area (Å²) in [4.78, 5) is 8.34. The van der Waals surface area contributed by atoms with Crippen LogP contribution in [0.1, 0.15) is 11.5 Å². The van der Waals surface area contributed by atoms with E-state index in [2.05, 4.69) is 25.2 Å². The number of nitrogens with two attached hydrogens (primary N) is 1. The lowest BCUT2D eigenvalue weighted by Gasteiger charge is -2.08. The Morgan fingerprint density at radius 3 is 2.48 bits per heavy atom. The van der Waals surface area contributed by atoms with Crippen LogP contribution in [0.2, 0.25) is 5.02 Å². The van der Waals surface area contributed by atoms with Gasteiger partial charge in [-0.1, -0.05) is 28.9 Å². The average Bonchev–Trinajstić information content (AvgIpc) is 3.14. The summed E-state index contributed by atoms with van der Waals surface area (Å²) in [5, 5.41) is 7.30. The maximum atomic E-state index is 12.1. The van der Waals surface area contributed by atoms with Crippen LogP contribution >= 0.6 is 11.6 Å². The zero-order valence-electron chi connectivity index (χ0n) is 14.8. The largest absolute Gasteiger partial charge is 0.573 e. The van der Waals surface area contributed by atoms with E-state index in [9.17, 15) is 13.2 Å². The van der Waals surface area contributed by atoms with Gasteiger partial charge < -0.3 is 20.3 Å². The minimum absolute atomic E-state index is 0.117. The Bertz CT molecular complexity index is 972. The van der Waals surface area contributed by atoms with Crippen LogP contribution in [0, 0.1) is 0 Å². The van der Waals surface area contributed by atoms with E-state index in [1.807, 2.05) is 0 Å². The number of aliphatic imine (C=N–C) groups is 1. The third kappa shape index (κ3) is 6.39. The van der Waals surface area contributed by atoms with Crippen molar-refractivity contribution in [3.63, 3.8) is 0 Å². The molecule has 2 aromatic carbocycles. The molecule has 29 heavy (non-hydrogen) atoms. The zero-order valence-corrected chi connectivity index (χ0v) is 15.5. The van der Waals surface area contributed by atoms with Gasteiger partial charge in [-0.25, -0.2) is 4.99 Å². The van der Waals surface area contributed by atoms with Crippen LogP contribution < -0.4 is 15.8 Å². The minimum Gasteiger partial charge on any atom is -0.406 e. The Balaban J connectivity index is 1.51. The highest BCUT2D eigenvalue weighted by Gasteiger charge is 2.30. The van der Waals surface area contributed by atoms with Crippen molar-refractivity contribution in [3.8, 4) is 17.1 Å². The van der Waals surface area contributed by atoms with E-state index >= 15 is 0 Å². The van der Waals surface area contributed by atoms with Crippen molar-refractivity contribution in [2.45, 2.75) is 19.5 Å². The summed E-state index contributed by atoms with van der Waals surface area (Å²) in [5.74, 6) is 0.535. The van der Waals surface area contributed by atoms with E-state index < -0.39 is 6.36 Å². The number of aromatic nitrogens is 2. The van der Waals surface area contributed by atoms with E-state index in [0.717, 1.165) is 5.56 Å². The van der Waals surface area contributed by atoms with Crippen molar-refractivity contribution >= 4 is 17.6 Å². The summed E-state index contributed by atoms with van der Waals surface area (Å²) < 4.78 is 45.4. The van der Waals surface area contributed by atoms with Gasteiger partial charge in [0.05, 0.1) is 13.1 Å². The Morgan fingerprint density at radius 2 is 1.83 bits per heavy atom. The molecule has 0 spiro atoms. The Labute approximate surface area is 168 Å². The van der Waals surface area contributed by atoms with E-state index in [1.54, 1.807) is 24.3 Å². The van der Waals surface area contributed by atoms with Crippen LogP contribution in [-0.4, -0.2) is 22.5 Å². The van der Waals surface area contributed by atoms with Gasteiger partial charge in [0.25, 0.3) is 0 Å². The topological polar surface area (TPSA) is 98.6 Å². The summed E-state index contributed by atoms with van der Waals surface area (Å²) >= 11 is 5.84. The number of alkyl halides is 3. The van der Waals surface area contributed by atoms with Crippen molar-refractivity contribution in [3.05, 3.63) is 65.0 Å². The number of nitrogens with zero attached hydrogens (tertiary/aromatic N) is 3. The molecule has 1 heterocycles. The van der Waals surface area contributed by atoms with Gasteiger partial charge in [-0.05, 0) is 42.0 Å². The molecule has 0 aliphatic heterocycles. The molecule has 152 valence electrons. The first-order chi connectivity index (χ1) is 13.8. The number of hydrogen-bond donors (Lipinski definition) is 2. The van der Waals surface area contributed by atoms with Gasteiger partial charge in [-0.15, -0.1) is 13.2 Å². The molecular formula is C18H15ClF3N5O2. The standard InChI is InChI=1S/C18H15ClF3N5O2/c19-13-5-3-12(4-6-13)16-26-15(29-27-16)10-25-17(23)24-9-11-1-7-14(8-2-11)28-18(20,21)22/h1-8H,9-10H2,(H3,23,24,25). The maximum absolute atomic E-state index is 12.1. The number of nitrogens with one attached hydrogen (secondary N) is 1. The van der Waals surface area contributed by atoms with Gasteiger partial charge in [-0.2, -0.15) is 4.98 Å². The molecule has 0 fully saturated rings.